The molecule has 0 radical (unpaired) electrons. The zero-order valence-corrected chi connectivity index (χ0v) is 13.0. The number of halogens is 2. The first-order valence-corrected chi connectivity index (χ1v) is 7.08. The normalized spacial score (nSPS) is 10.5. The van der Waals surface area contributed by atoms with E-state index >= 15 is 0 Å². The zero-order valence-electron chi connectivity index (χ0n) is 12.2. The third kappa shape index (κ3) is 3.58. The number of rotatable bonds is 5. The first-order valence-electron chi connectivity index (χ1n) is 6.71. The van der Waals surface area contributed by atoms with Gasteiger partial charge < -0.3 is 9.80 Å². The van der Waals surface area contributed by atoms with Gasteiger partial charge in [-0.05, 0) is 43.6 Å². The van der Waals surface area contributed by atoms with Crippen LogP contribution < -0.4 is 9.80 Å². The maximum absolute atomic E-state index is 13.3. The van der Waals surface area contributed by atoms with Crippen molar-refractivity contribution in [2.24, 2.45) is 0 Å². The Hall–Kier alpha value is -1.95. The first-order chi connectivity index (χ1) is 10.0. The lowest BCUT2D eigenvalue weighted by atomic mass is 10.3. The van der Waals surface area contributed by atoms with Crippen LogP contribution in [0.1, 0.15) is 13.8 Å². The molecule has 1 aromatic carbocycles. The van der Waals surface area contributed by atoms with Gasteiger partial charge in [0.15, 0.2) is 0 Å². The third-order valence-electron chi connectivity index (χ3n) is 3.13. The summed E-state index contributed by atoms with van der Waals surface area (Å²) in [5.74, 6) is 0.573. The molecule has 1 heterocycles. The van der Waals surface area contributed by atoms with E-state index in [0.29, 0.717) is 17.6 Å². The maximum Gasteiger partial charge on any atom is 0.235 e. The Morgan fingerprint density at radius 1 is 1.10 bits per heavy atom. The van der Waals surface area contributed by atoms with Crippen LogP contribution >= 0.6 is 11.6 Å². The molecule has 2 aromatic rings. The third-order valence-corrected chi connectivity index (χ3v) is 3.30. The van der Waals surface area contributed by atoms with Gasteiger partial charge in [0.05, 0.1) is 0 Å². The highest BCUT2D eigenvalue weighted by Crippen LogP contribution is 2.23. The number of anilines is 3. The van der Waals surface area contributed by atoms with E-state index in [1.807, 2.05) is 18.7 Å². The van der Waals surface area contributed by atoms with Crippen molar-refractivity contribution in [3.05, 3.63) is 35.4 Å². The Morgan fingerprint density at radius 3 is 2.38 bits per heavy atom. The fourth-order valence-corrected chi connectivity index (χ4v) is 2.08. The fourth-order valence-electron chi connectivity index (χ4n) is 1.93. The Labute approximate surface area is 128 Å². The predicted molar refractivity (Wildman–Crippen MR) is 82.9 cm³/mol. The topological polar surface area (TPSA) is 45.2 Å². The lowest BCUT2D eigenvalue weighted by Crippen LogP contribution is -2.25. The average Bonchev–Trinajstić information content (AvgIpc) is 2.47. The standard InChI is InChI=1S/C14H17ClFN5/c1-4-21(5-2)14-18-12(15)17-13(19-14)20(3)11-8-6-7-10(16)9-11/h6-9H,4-5H2,1-3H3. The summed E-state index contributed by atoms with van der Waals surface area (Å²) < 4.78 is 13.3. The van der Waals surface area contributed by atoms with Crippen molar-refractivity contribution in [3.63, 3.8) is 0 Å². The lowest BCUT2D eigenvalue weighted by Gasteiger charge is -2.22. The minimum atomic E-state index is -0.316. The van der Waals surface area contributed by atoms with Crippen molar-refractivity contribution >= 4 is 29.2 Å². The highest BCUT2D eigenvalue weighted by molar-refractivity contribution is 6.28. The molecule has 2 rings (SSSR count). The second-order valence-electron chi connectivity index (χ2n) is 4.42. The minimum absolute atomic E-state index is 0.116. The molecular formula is C14H17ClFN5. The molecule has 0 aliphatic heterocycles. The van der Waals surface area contributed by atoms with Crippen molar-refractivity contribution in [1.29, 1.82) is 0 Å². The van der Waals surface area contributed by atoms with E-state index in [1.165, 1.54) is 12.1 Å². The first kappa shape index (κ1) is 15.4. The number of hydrogen-bond donors (Lipinski definition) is 0. The number of nitrogens with zero attached hydrogens (tertiary/aromatic N) is 5. The number of benzene rings is 1. The number of aromatic nitrogens is 3. The van der Waals surface area contributed by atoms with E-state index in [1.54, 1.807) is 24.1 Å². The largest absolute Gasteiger partial charge is 0.341 e. The Balaban J connectivity index is 2.39. The molecule has 112 valence electrons. The van der Waals surface area contributed by atoms with E-state index < -0.39 is 0 Å². The summed E-state index contributed by atoms with van der Waals surface area (Å²) in [7, 11) is 1.76. The van der Waals surface area contributed by atoms with E-state index in [2.05, 4.69) is 15.0 Å². The van der Waals surface area contributed by atoms with Gasteiger partial charge in [-0.25, -0.2) is 4.39 Å². The van der Waals surface area contributed by atoms with Gasteiger partial charge in [0, 0.05) is 25.8 Å². The van der Waals surface area contributed by atoms with Gasteiger partial charge in [-0.3, -0.25) is 0 Å². The molecule has 0 aliphatic carbocycles. The van der Waals surface area contributed by atoms with Gasteiger partial charge in [0.2, 0.25) is 17.2 Å². The van der Waals surface area contributed by atoms with Gasteiger partial charge in [-0.1, -0.05) is 6.07 Å². The van der Waals surface area contributed by atoms with Crippen molar-refractivity contribution < 1.29 is 4.39 Å². The molecule has 0 saturated carbocycles. The van der Waals surface area contributed by atoms with Gasteiger partial charge in [0.25, 0.3) is 0 Å². The van der Waals surface area contributed by atoms with Gasteiger partial charge in [-0.15, -0.1) is 0 Å². The molecule has 0 spiro atoms. The summed E-state index contributed by atoms with van der Waals surface area (Å²) >= 11 is 5.98. The summed E-state index contributed by atoms with van der Waals surface area (Å²) in [6.07, 6.45) is 0. The van der Waals surface area contributed by atoms with Crippen LogP contribution in [0.5, 0.6) is 0 Å². The summed E-state index contributed by atoms with van der Waals surface area (Å²) in [6, 6.07) is 6.21. The SMILES string of the molecule is CCN(CC)c1nc(Cl)nc(N(C)c2cccc(F)c2)n1. The van der Waals surface area contributed by atoms with Crippen molar-refractivity contribution in [3.8, 4) is 0 Å². The summed E-state index contributed by atoms with van der Waals surface area (Å²) in [6.45, 7) is 5.55. The highest BCUT2D eigenvalue weighted by atomic mass is 35.5. The molecule has 0 fully saturated rings. The predicted octanol–water partition coefficient (Wildman–Crippen LogP) is 3.28. The van der Waals surface area contributed by atoms with Gasteiger partial charge in [-0.2, -0.15) is 15.0 Å². The van der Waals surface area contributed by atoms with E-state index in [-0.39, 0.29) is 11.1 Å². The second kappa shape index (κ2) is 6.67. The van der Waals surface area contributed by atoms with E-state index in [4.69, 9.17) is 11.6 Å². The molecule has 0 bridgehead atoms. The van der Waals surface area contributed by atoms with Crippen molar-refractivity contribution in [1.82, 2.24) is 15.0 Å². The molecule has 0 atom stereocenters. The Kier molecular flexibility index (Phi) is 4.90. The van der Waals surface area contributed by atoms with E-state index in [9.17, 15) is 4.39 Å². The van der Waals surface area contributed by atoms with Crippen LogP contribution in [-0.4, -0.2) is 35.1 Å². The monoisotopic (exact) mass is 309 g/mol. The Bertz CT molecular complexity index is 618. The average molecular weight is 310 g/mol. The van der Waals surface area contributed by atoms with Crippen molar-refractivity contribution in [2.75, 3.05) is 29.9 Å². The molecule has 0 saturated heterocycles. The summed E-state index contributed by atoms with van der Waals surface area (Å²) in [5.41, 5.74) is 0.641. The van der Waals surface area contributed by atoms with Crippen LogP contribution in [0.25, 0.3) is 0 Å². The smallest absolute Gasteiger partial charge is 0.235 e. The van der Waals surface area contributed by atoms with Crippen LogP contribution in [0.15, 0.2) is 24.3 Å². The zero-order chi connectivity index (χ0) is 15.4. The summed E-state index contributed by atoms with van der Waals surface area (Å²) in [5, 5.41) is 0.116. The van der Waals surface area contributed by atoms with Gasteiger partial charge in [0.1, 0.15) is 5.82 Å². The molecule has 5 nitrogen and oxygen atoms in total. The lowest BCUT2D eigenvalue weighted by molar-refractivity contribution is 0.628. The molecule has 21 heavy (non-hydrogen) atoms. The summed E-state index contributed by atoms with van der Waals surface area (Å²) in [4.78, 5) is 16.3. The minimum Gasteiger partial charge on any atom is -0.341 e. The molecule has 1 aromatic heterocycles. The van der Waals surface area contributed by atoms with Crippen LogP contribution in [-0.2, 0) is 0 Å². The van der Waals surface area contributed by atoms with Crippen LogP contribution in [0.4, 0.5) is 22.0 Å². The van der Waals surface area contributed by atoms with Gasteiger partial charge >= 0.3 is 0 Å². The second-order valence-corrected chi connectivity index (χ2v) is 4.75. The maximum atomic E-state index is 13.3. The fraction of sp³-hybridized carbons (Fsp3) is 0.357. The molecular weight excluding hydrogens is 293 g/mol. The van der Waals surface area contributed by atoms with Crippen molar-refractivity contribution in [2.45, 2.75) is 13.8 Å². The van der Waals surface area contributed by atoms with Crippen LogP contribution in [0, 0.1) is 5.82 Å². The number of hydrogen-bond acceptors (Lipinski definition) is 5. The molecule has 0 aliphatic rings. The quantitative estimate of drug-likeness (QED) is 0.848. The van der Waals surface area contributed by atoms with Crippen LogP contribution in [0.3, 0.4) is 0 Å². The highest BCUT2D eigenvalue weighted by Gasteiger charge is 2.14. The molecule has 0 N–H and O–H groups in total. The molecule has 0 amide bonds. The Morgan fingerprint density at radius 2 is 1.76 bits per heavy atom. The van der Waals surface area contributed by atoms with E-state index in [0.717, 1.165) is 13.1 Å². The molecule has 7 heteroatoms. The molecule has 0 unspecified atom stereocenters. The van der Waals surface area contributed by atoms with Crippen LogP contribution in [0.2, 0.25) is 5.28 Å².